The number of hydrogen-bond acceptors (Lipinski definition) is 4. The Morgan fingerprint density at radius 2 is 0.951 bits per heavy atom. The molecule has 2 aromatic rings. The maximum absolute atomic E-state index is 16.8. The van der Waals surface area contributed by atoms with Gasteiger partial charge >= 0.3 is 238 Å². The molecule has 11 heteroatoms. The summed E-state index contributed by atoms with van der Waals surface area (Å²) in [6.45, 7) is 4.14. The van der Waals surface area contributed by atoms with E-state index < -0.39 is 82.6 Å². The van der Waals surface area contributed by atoms with Crippen molar-refractivity contribution < 1.29 is 53.3 Å². The van der Waals surface area contributed by atoms with E-state index in [-0.39, 0.29) is 12.8 Å². The van der Waals surface area contributed by atoms with Crippen LogP contribution in [0.1, 0.15) is 40.5 Å². The molecule has 41 heavy (non-hydrogen) atoms. The van der Waals surface area contributed by atoms with Gasteiger partial charge in [0, 0.05) is 0 Å². The summed E-state index contributed by atoms with van der Waals surface area (Å²) in [7, 11) is 0. The van der Waals surface area contributed by atoms with Crippen LogP contribution in [0.15, 0.2) is 68.5 Å². The predicted molar refractivity (Wildman–Crippen MR) is 143 cm³/mol. The van der Waals surface area contributed by atoms with Crippen LogP contribution in [0.2, 0.25) is 0 Å². The fourth-order valence-electron chi connectivity index (χ4n) is 5.66. The number of benzene rings is 2. The van der Waals surface area contributed by atoms with Crippen molar-refractivity contribution in [2.75, 3.05) is 9.80 Å². The molecule has 0 fully saturated rings. The van der Waals surface area contributed by atoms with Crippen molar-refractivity contribution in [2.45, 2.75) is 40.5 Å². The predicted octanol–water partition coefficient (Wildman–Crippen LogP) is 4.83. The van der Waals surface area contributed by atoms with Crippen LogP contribution in [-0.4, -0.2) is 23.6 Å². The second-order valence-corrected chi connectivity index (χ2v) is 15.6. The van der Waals surface area contributed by atoms with E-state index in [0.29, 0.717) is 17.6 Å². The minimum atomic E-state index is -5.35. The quantitative estimate of drug-likeness (QED) is 0.351. The van der Waals surface area contributed by atoms with Crippen LogP contribution >= 0.6 is 0 Å². The maximum atomic E-state index is 16.8. The van der Waals surface area contributed by atoms with Crippen molar-refractivity contribution in [3.63, 3.8) is 0 Å². The molecule has 0 atom stereocenters. The molecule has 0 saturated carbocycles. The number of hydrogen-bond donors (Lipinski definition) is 0. The van der Waals surface area contributed by atoms with Crippen LogP contribution in [0.5, 0.6) is 0 Å². The molecule has 0 aliphatic heterocycles. The van der Waals surface area contributed by atoms with Gasteiger partial charge in [0.05, 0.1) is 0 Å². The molecule has 4 rings (SSSR count). The van der Waals surface area contributed by atoms with Crippen molar-refractivity contribution in [3.05, 3.63) is 91.7 Å². The van der Waals surface area contributed by atoms with E-state index >= 15 is 17.6 Å². The van der Waals surface area contributed by atoms with Gasteiger partial charge in [-0.2, -0.15) is 0 Å². The monoisotopic (exact) mass is 602 g/mol. The van der Waals surface area contributed by atoms with Crippen molar-refractivity contribution in [1.29, 1.82) is 0 Å². The van der Waals surface area contributed by atoms with E-state index in [4.69, 9.17) is 0 Å². The molecule has 2 aromatic carbocycles. The van der Waals surface area contributed by atoms with Crippen LogP contribution in [0.25, 0.3) is 0 Å². The number of anilines is 2. The Bertz CT molecular complexity index is 1480. The Kier molecular flexibility index (Phi) is 8.47. The standard InChI is InChI=1S/2C10H8F2NO2.2C5H5.Ti/c2*1-6(14)13(7(2)15)10-4-3-8(11)5-9(10)12;2*1-2-4-5-3-1;/h2*3-4H,1-2H3;2*1-3H,4H2;. The van der Waals surface area contributed by atoms with Gasteiger partial charge in [-0.25, -0.2) is 0 Å². The van der Waals surface area contributed by atoms with Crippen LogP contribution < -0.4 is 17.5 Å². The van der Waals surface area contributed by atoms with Crippen molar-refractivity contribution >= 4 is 42.7 Å². The summed E-state index contributed by atoms with van der Waals surface area (Å²) in [6.07, 6.45) is 9.99. The Balaban J connectivity index is 2.23. The van der Waals surface area contributed by atoms with Crippen LogP contribution in [-0.2, 0) is 35.8 Å². The fourth-order valence-corrected chi connectivity index (χ4v) is 13.9. The molecule has 0 N–H and O–H groups in total. The first-order valence-corrected chi connectivity index (χ1v) is 15.8. The first-order valence-electron chi connectivity index (χ1n) is 12.7. The molecule has 4 amide bonds. The third-order valence-corrected chi connectivity index (χ3v) is 15.1. The van der Waals surface area contributed by atoms with E-state index in [9.17, 15) is 19.2 Å². The molecule has 2 aliphatic rings. The van der Waals surface area contributed by atoms with E-state index in [2.05, 4.69) is 0 Å². The average Bonchev–Trinajstić information content (AvgIpc) is 3.60. The molecular formula is C30H26F4N2O4Ti. The Morgan fingerprint density at radius 3 is 1.22 bits per heavy atom. The molecule has 6 nitrogen and oxygen atoms in total. The number of nitrogens with zero attached hydrogens (tertiary/aromatic N) is 2. The summed E-state index contributed by atoms with van der Waals surface area (Å²) < 4.78 is 65.3. The van der Waals surface area contributed by atoms with Gasteiger partial charge in [-0.15, -0.1) is 0 Å². The van der Waals surface area contributed by atoms with Crippen LogP contribution in [0.3, 0.4) is 0 Å². The third-order valence-electron chi connectivity index (χ3n) is 7.14. The first-order chi connectivity index (χ1) is 19.3. The van der Waals surface area contributed by atoms with Crippen molar-refractivity contribution in [1.82, 2.24) is 0 Å². The van der Waals surface area contributed by atoms with E-state index in [1.807, 2.05) is 0 Å². The van der Waals surface area contributed by atoms with Crippen molar-refractivity contribution in [3.8, 4) is 0 Å². The fraction of sp³-hybridized carbons (Fsp3) is 0.200. The number of carbonyl (C=O) groups excluding carboxylic acids is 4. The zero-order valence-corrected chi connectivity index (χ0v) is 24.3. The van der Waals surface area contributed by atoms with E-state index in [1.165, 1.54) is 0 Å². The summed E-state index contributed by atoms with van der Waals surface area (Å²) in [5, 5.41) is 0. The van der Waals surface area contributed by atoms with Gasteiger partial charge in [0.15, 0.2) is 0 Å². The Labute approximate surface area is 237 Å². The van der Waals surface area contributed by atoms with Crippen LogP contribution in [0, 0.1) is 23.3 Å². The summed E-state index contributed by atoms with van der Waals surface area (Å²) in [6, 6.07) is 3.61. The molecule has 0 bridgehead atoms. The van der Waals surface area contributed by atoms with Gasteiger partial charge in [0.1, 0.15) is 0 Å². The molecule has 0 radical (unpaired) electrons. The van der Waals surface area contributed by atoms with Gasteiger partial charge in [-0.1, -0.05) is 0 Å². The zero-order valence-electron chi connectivity index (χ0n) is 22.7. The second-order valence-electron chi connectivity index (χ2n) is 9.66. The zero-order chi connectivity index (χ0) is 30.2. The number of halogens is 4. The number of allylic oxidation sites excluding steroid dienone is 8. The number of carbonyl (C=O) groups is 4. The average molecular weight is 602 g/mol. The molecule has 0 unspecified atom stereocenters. The van der Waals surface area contributed by atoms with Gasteiger partial charge in [-0.05, 0) is 0 Å². The third kappa shape index (κ3) is 4.95. The molecule has 0 spiro atoms. The normalized spacial score (nSPS) is 14.1. The molecule has 0 heterocycles. The van der Waals surface area contributed by atoms with Crippen molar-refractivity contribution in [2.24, 2.45) is 0 Å². The summed E-state index contributed by atoms with van der Waals surface area (Å²) >= 11 is -5.35. The van der Waals surface area contributed by atoms with Crippen LogP contribution in [0.4, 0.5) is 28.9 Å². The molecule has 212 valence electrons. The molecule has 0 aromatic heterocycles. The number of imide groups is 2. The van der Waals surface area contributed by atoms with E-state index in [1.54, 1.807) is 36.5 Å². The van der Waals surface area contributed by atoms with E-state index in [0.717, 1.165) is 52.0 Å². The topological polar surface area (TPSA) is 74.8 Å². The first kappa shape index (κ1) is 30.1. The Morgan fingerprint density at radius 1 is 0.610 bits per heavy atom. The minimum absolute atomic E-state index is 0.121. The molecule has 2 aliphatic carbocycles. The van der Waals surface area contributed by atoms with Gasteiger partial charge < -0.3 is 0 Å². The summed E-state index contributed by atoms with van der Waals surface area (Å²) in [4.78, 5) is 50.5. The summed E-state index contributed by atoms with van der Waals surface area (Å²) in [5.74, 6) is -8.18. The van der Waals surface area contributed by atoms with Gasteiger partial charge in [0.25, 0.3) is 0 Å². The second kappa shape index (κ2) is 11.5. The number of amides is 4. The Hall–Kier alpha value is -3.89. The molecule has 0 saturated heterocycles. The summed E-state index contributed by atoms with van der Waals surface area (Å²) in [5.41, 5.74) is -1.11. The number of rotatable bonds is 6. The van der Waals surface area contributed by atoms with Gasteiger partial charge in [0.2, 0.25) is 0 Å². The SMILES string of the molecule is CC(=O)N(C(C)=O)c1ccc(F)[c]([Ti]([C]2=CC=CC2)([C]2=CC=CC2)[c]2c(F)ccc(N(C(C)=O)C(C)=O)c2F)c1F. The van der Waals surface area contributed by atoms with Gasteiger partial charge in [-0.3, -0.25) is 0 Å². The molecular weight excluding hydrogens is 576 g/mol.